The molecule has 1 saturated heterocycles. The third kappa shape index (κ3) is 4.04. The average Bonchev–Trinajstić information content (AvgIpc) is 2.50. The second kappa shape index (κ2) is 7.25. The third-order valence-electron chi connectivity index (χ3n) is 3.82. The molecule has 2 N–H and O–H groups in total. The zero-order valence-corrected chi connectivity index (χ0v) is 11.0. The normalized spacial score (nSPS) is 27.9. The first-order valence-electron chi connectivity index (χ1n) is 6.84. The maximum absolute atomic E-state index is 9.24. The van der Waals surface area contributed by atoms with Crippen LogP contribution in [-0.4, -0.2) is 48.3 Å². The van der Waals surface area contributed by atoms with Gasteiger partial charge in [0.2, 0.25) is 0 Å². The van der Waals surface area contributed by atoms with Crippen LogP contribution in [0.2, 0.25) is 0 Å². The minimum Gasteiger partial charge on any atom is -0.396 e. The number of nitrogens with one attached hydrogen (secondary N) is 1. The van der Waals surface area contributed by atoms with Crippen molar-refractivity contribution in [2.75, 3.05) is 32.8 Å². The molecule has 1 fully saturated rings. The zero-order valence-electron chi connectivity index (χ0n) is 11.0. The van der Waals surface area contributed by atoms with Crippen molar-refractivity contribution < 1.29 is 5.11 Å². The molecule has 96 valence electrons. The predicted molar refractivity (Wildman–Crippen MR) is 68.7 cm³/mol. The molecule has 0 bridgehead atoms. The fraction of sp³-hybridized carbons (Fsp3) is 1.00. The van der Waals surface area contributed by atoms with E-state index in [0.29, 0.717) is 6.61 Å². The van der Waals surface area contributed by atoms with E-state index in [1.165, 1.54) is 38.8 Å². The van der Waals surface area contributed by atoms with Crippen molar-refractivity contribution in [1.29, 1.82) is 0 Å². The highest BCUT2D eigenvalue weighted by atomic mass is 16.3. The van der Waals surface area contributed by atoms with Gasteiger partial charge >= 0.3 is 0 Å². The van der Waals surface area contributed by atoms with E-state index < -0.39 is 0 Å². The molecule has 3 nitrogen and oxygen atoms in total. The summed E-state index contributed by atoms with van der Waals surface area (Å²) >= 11 is 0. The van der Waals surface area contributed by atoms with Crippen LogP contribution in [0.3, 0.4) is 0 Å². The maximum Gasteiger partial charge on any atom is 0.0448 e. The van der Waals surface area contributed by atoms with E-state index in [1.54, 1.807) is 0 Å². The van der Waals surface area contributed by atoms with Gasteiger partial charge in [0, 0.05) is 12.1 Å². The van der Waals surface area contributed by atoms with E-state index in [9.17, 15) is 5.11 Å². The highest BCUT2D eigenvalue weighted by Gasteiger charge is 2.30. The van der Waals surface area contributed by atoms with E-state index in [0.717, 1.165) is 19.5 Å². The molecular weight excluding hydrogens is 200 g/mol. The number of likely N-dealkylation sites (tertiary alicyclic amines) is 1. The number of aliphatic hydroxyl groups is 1. The first-order valence-corrected chi connectivity index (χ1v) is 6.84. The van der Waals surface area contributed by atoms with Crippen molar-refractivity contribution in [3.63, 3.8) is 0 Å². The molecule has 0 aromatic carbocycles. The summed E-state index contributed by atoms with van der Waals surface area (Å²) in [6.45, 7) is 9.37. The molecule has 0 aliphatic carbocycles. The predicted octanol–water partition coefficient (Wildman–Crippen LogP) is 1.61. The van der Waals surface area contributed by atoms with E-state index in [-0.39, 0.29) is 5.54 Å². The molecule has 0 saturated carbocycles. The Kier molecular flexibility index (Phi) is 6.32. The van der Waals surface area contributed by atoms with Crippen LogP contribution < -0.4 is 5.32 Å². The topological polar surface area (TPSA) is 35.5 Å². The molecule has 1 rings (SSSR count). The van der Waals surface area contributed by atoms with Gasteiger partial charge < -0.3 is 15.3 Å². The number of hydrogen-bond acceptors (Lipinski definition) is 3. The Morgan fingerprint density at radius 1 is 1.25 bits per heavy atom. The van der Waals surface area contributed by atoms with Crippen molar-refractivity contribution >= 4 is 0 Å². The molecule has 0 aromatic heterocycles. The Labute approximate surface area is 100 Å². The van der Waals surface area contributed by atoms with Crippen LogP contribution in [0.5, 0.6) is 0 Å². The average molecular weight is 228 g/mol. The van der Waals surface area contributed by atoms with Gasteiger partial charge in [0.25, 0.3) is 0 Å². The maximum atomic E-state index is 9.24. The van der Waals surface area contributed by atoms with Crippen molar-refractivity contribution in [3.05, 3.63) is 0 Å². The molecule has 16 heavy (non-hydrogen) atoms. The minimum absolute atomic E-state index is 0.203. The molecule has 1 unspecified atom stereocenters. The number of nitrogens with zero attached hydrogens (tertiary/aromatic N) is 1. The molecule has 1 aliphatic heterocycles. The molecule has 0 amide bonds. The highest BCUT2D eigenvalue weighted by Crippen LogP contribution is 2.25. The Morgan fingerprint density at radius 2 is 2.06 bits per heavy atom. The fourth-order valence-electron chi connectivity index (χ4n) is 2.69. The smallest absolute Gasteiger partial charge is 0.0448 e. The van der Waals surface area contributed by atoms with E-state index >= 15 is 0 Å². The summed E-state index contributed by atoms with van der Waals surface area (Å²) < 4.78 is 0. The van der Waals surface area contributed by atoms with E-state index in [1.807, 2.05) is 0 Å². The fourth-order valence-corrected chi connectivity index (χ4v) is 2.69. The van der Waals surface area contributed by atoms with Gasteiger partial charge in [-0.15, -0.1) is 0 Å². The monoisotopic (exact) mass is 228 g/mol. The van der Waals surface area contributed by atoms with Gasteiger partial charge in [-0.05, 0) is 58.3 Å². The SMILES string of the molecule is CCCNC1(CCO)CCCN(CC)CC1. The summed E-state index contributed by atoms with van der Waals surface area (Å²) in [5.41, 5.74) is 0.203. The van der Waals surface area contributed by atoms with Crippen molar-refractivity contribution in [2.45, 2.75) is 51.5 Å². The summed E-state index contributed by atoms with van der Waals surface area (Å²) in [5.74, 6) is 0. The Balaban J connectivity index is 2.54. The van der Waals surface area contributed by atoms with Crippen molar-refractivity contribution in [1.82, 2.24) is 10.2 Å². The van der Waals surface area contributed by atoms with Gasteiger partial charge in [-0.2, -0.15) is 0 Å². The second-order valence-corrected chi connectivity index (χ2v) is 4.97. The lowest BCUT2D eigenvalue weighted by molar-refractivity contribution is 0.188. The van der Waals surface area contributed by atoms with Crippen molar-refractivity contribution in [3.8, 4) is 0 Å². The van der Waals surface area contributed by atoms with Crippen LogP contribution in [-0.2, 0) is 0 Å². The lowest BCUT2D eigenvalue weighted by atomic mass is 9.87. The molecular formula is C13H28N2O. The van der Waals surface area contributed by atoms with Gasteiger partial charge in [-0.1, -0.05) is 13.8 Å². The zero-order chi connectivity index (χ0) is 11.9. The van der Waals surface area contributed by atoms with Gasteiger partial charge in [0.1, 0.15) is 0 Å². The van der Waals surface area contributed by atoms with Crippen LogP contribution in [0.25, 0.3) is 0 Å². The Bertz CT molecular complexity index is 187. The first-order chi connectivity index (χ1) is 7.76. The van der Waals surface area contributed by atoms with Gasteiger partial charge in [0.15, 0.2) is 0 Å². The second-order valence-electron chi connectivity index (χ2n) is 4.97. The summed E-state index contributed by atoms with van der Waals surface area (Å²) in [6.07, 6.45) is 5.73. The summed E-state index contributed by atoms with van der Waals surface area (Å²) in [5, 5.41) is 12.9. The number of hydrogen-bond donors (Lipinski definition) is 2. The highest BCUT2D eigenvalue weighted by molar-refractivity contribution is 4.91. The molecule has 3 heteroatoms. The number of rotatable bonds is 6. The van der Waals surface area contributed by atoms with Gasteiger partial charge in [-0.25, -0.2) is 0 Å². The van der Waals surface area contributed by atoms with Crippen LogP contribution in [0, 0.1) is 0 Å². The first kappa shape index (κ1) is 13.9. The lowest BCUT2D eigenvalue weighted by Gasteiger charge is -2.34. The molecule has 0 aromatic rings. The minimum atomic E-state index is 0.203. The summed E-state index contributed by atoms with van der Waals surface area (Å²) in [6, 6.07) is 0. The Hall–Kier alpha value is -0.120. The summed E-state index contributed by atoms with van der Waals surface area (Å²) in [4.78, 5) is 2.52. The lowest BCUT2D eigenvalue weighted by Crippen LogP contribution is -2.47. The molecule has 1 atom stereocenters. The number of aliphatic hydroxyl groups excluding tert-OH is 1. The largest absolute Gasteiger partial charge is 0.396 e. The van der Waals surface area contributed by atoms with E-state index in [2.05, 4.69) is 24.1 Å². The van der Waals surface area contributed by atoms with Crippen LogP contribution in [0.15, 0.2) is 0 Å². The van der Waals surface area contributed by atoms with Crippen LogP contribution in [0.1, 0.15) is 46.0 Å². The molecule has 0 radical (unpaired) electrons. The van der Waals surface area contributed by atoms with Crippen LogP contribution in [0.4, 0.5) is 0 Å². The van der Waals surface area contributed by atoms with Crippen LogP contribution >= 0.6 is 0 Å². The summed E-state index contributed by atoms with van der Waals surface area (Å²) in [7, 11) is 0. The molecule has 0 spiro atoms. The molecule has 1 heterocycles. The quantitative estimate of drug-likeness (QED) is 0.725. The van der Waals surface area contributed by atoms with Gasteiger partial charge in [0.05, 0.1) is 0 Å². The molecule has 1 aliphatic rings. The van der Waals surface area contributed by atoms with Gasteiger partial charge in [-0.3, -0.25) is 0 Å². The van der Waals surface area contributed by atoms with Crippen molar-refractivity contribution in [2.24, 2.45) is 0 Å². The third-order valence-corrected chi connectivity index (χ3v) is 3.82. The Morgan fingerprint density at radius 3 is 2.69 bits per heavy atom. The standard InChI is InChI=1S/C13H28N2O/c1-3-9-14-13(8-12-16)6-5-10-15(4-2)11-7-13/h14,16H,3-12H2,1-2H3. The van der Waals surface area contributed by atoms with E-state index in [4.69, 9.17) is 0 Å².